The van der Waals surface area contributed by atoms with Crippen molar-refractivity contribution in [3.63, 3.8) is 0 Å². The molecule has 6 heteroatoms. The SMILES string of the molecule is CC1(C)N=C2C(=O)C=CC(=O)C2C1COC(N)=O. The van der Waals surface area contributed by atoms with Gasteiger partial charge >= 0.3 is 6.09 Å². The lowest BCUT2D eigenvalue weighted by Crippen LogP contribution is -2.41. The highest BCUT2D eigenvalue weighted by atomic mass is 16.5. The van der Waals surface area contributed by atoms with Gasteiger partial charge in [-0.15, -0.1) is 0 Å². The van der Waals surface area contributed by atoms with E-state index in [2.05, 4.69) is 4.99 Å². The third kappa shape index (κ3) is 1.94. The van der Waals surface area contributed by atoms with Crippen LogP contribution in [0.5, 0.6) is 0 Å². The zero-order chi connectivity index (χ0) is 13.5. The van der Waals surface area contributed by atoms with E-state index in [1.165, 1.54) is 12.2 Å². The van der Waals surface area contributed by atoms with Gasteiger partial charge in [-0.25, -0.2) is 4.79 Å². The molecule has 0 fully saturated rings. The zero-order valence-corrected chi connectivity index (χ0v) is 10.2. The Morgan fingerprint density at radius 1 is 1.44 bits per heavy atom. The van der Waals surface area contributed by atoms with Gasteiger partial charge in [0.1, 0.15) is 0 Å². The summed E-state index contributed by atoms with van der Waals surface area (Å²) in [5.74, 6) is -1.43. The Morgan fingerprint density at radius 2 is 2.11 bits per heavy atom. The van der Waals surface area contributed by atoms with Gasteiger partial charge in [0.15, 0.2) is 11.6 Å². The van der Waals surface area contributed by atoms with Gasteiger partial charge in [-0.1, -0.05) is 0 Å². The van der Waals surface area contributed by atoms with E-state index in [-0.39, 0.29) is 29.8 Å². The summed E-state index contributed by atoms with van der Waals surface area (Å²) >= 11 is 0. The number of allylic oxidation sites excluding steroid dienone is 2. The van der Waals surface area contributed by atoms with Crippen LogP contribution in [0.1, 0.15) is 13.8 Å². The van der Waals surface area contributed by atoms with Crippen LogP contribution in [0.4, 0.5) is 4.79 Å². The number of fused-ring (bicyclic) bond motifs is 1. The van der Waals surface area contributed by atoms with Gasteiger partial charge in [-0.3, -0.25) is 14.6 Å². The van der Waals surface area contributed by atoms with Crippen molar-refractivity contribution in [2.45, 2.75) is 19.4 Å². The number of ether oxygens (including phenoxy) is 1. The summed E-state index contributed by atoms with van der Waals surface area (Å²) in [5.41, 5.74) is 4.55. The molecule has 18 heavy (non-hydrogen) atoms. The second-order valence-corrected chi connectivity index (χ2v) is 4.96. The summed E-state index contributed by atoms with van der Waals surface area (Å²) in [6, 6.07) is 0. The number of nitrogens with two attached hydrogens (primary N) is 1. The average Bonchev–Trinajstić information content (AvgIpc) is 2.53. The molecule has 1 aliphatic carbocycles. The van der Waals surface area contributed by atoms with Gasteiger partial charge in [0.25, 0.3) is 0 Å². The van der Waals surface area contributed by atoms with Crippen LogP contribution < -0.4 is 5.73 Å². The molecule has 0 saturated carbocycles. The van der Waals surface area contributed by atoms with Crippen LogP contribution in [-0.4, -0.2) is 35.5 Å². The second-order valence-electron chi connectivity index (χ2n) is 4.96. The topological polar surface area (TPSA) is 98.8 Å². The van der Waals surface area contributed by atoms with E-state index < -0.39 is 17.6 Å². The lowest BCUT2D eigenvalue weighted by molar-refractivity contribution is -0.120. The standard InChI is InChI=1S/C12H14N2O4/c1-12(2)6(5-18-11(13)17)9-7(15)3-4-8(16)10(9)14-12/h3-4,6,9H,5H2,1-2H3,(H2,13,17). The predicted molar refractivity (Wildman–Crippen MR) is 63.2 cm³/mol. The van der Waals surface area contributed by atoms with Crippen LogP contribution in [-0.2, 0) is 14.3 Å². The van der Waals surface area contributed by atoms with Crippen molar-refractivity contribution < 1.29 is 19.1 Å². The molecule has 1 amide bonds. The smallest absolute Gasteiger partial charge is 0.404 e. The Hall–Kier alpha value is -1.98. The molecule has 2 N–H and O–H groups in total. The number of primary amides is 1. The first-order valence-corrected chi connectivity index (χ1v) is 5.61. The van der Waals surface area contributed by atoms with Crippen molar-refractivity contribution in [1.29, 1.82) is 0 Å². The molecule has 0 aromatic heterocycles. The monoisotopic (exact) mass is 250 g/mol. The molecule has 1 aliphatic heterocycles. The van der Waals surface area contributed by atoms with Crippen molar-refractivity contribution in [2.24, 2.45) is 22.6 Å². The van der Waals surface area contributed by atoms with E-state index in [0.29, 0.717) is 0 Å². The highest BCUT2D eigenvalue weighted by Gasteiger charge is 2.50. The van der Waals surface area contributed by atoms with E-state index in [1.54, 1.807) is 13.8 Å². The molecule has 0 radical (unpaired) electrons. The maximum Gasteiger partial charge on any atom is 0.404 e. The summed E-state index contributed by atoms with van der Waals surface area (Å²) in [5, 5.41) is 0. The first-order valence-electron chi connectivity index (χ1n) is 5.61. The molecular formula is C12H14N2O4. The van der Waals surface area contributed by atoms with Gasteiger partial charge in [-0.05, 0) is 26.0 Å². The maximum absolute atomic E-state index is 11.9. The minimum atomic E-state index is -0.899. The fraction of sp³-hybridized carbons (Fsp3) is 0.500. The molecule has 0 spiro atoms. The van der Waals surface area contributed by atoms with Crippen molar-refractivity contribution in [3.8, 4) is 0 Å². The quantitative estimate of drug-likeness (QED) is 0.759. The fourth-order valence-corrected chi connectivity index (χ4v) is 2.42. The van der Waals surface area contributed by atoms with Crippen LogP contribution in [0.15, 0.2) is 17.1 Å². The molecule has 2 aliphatic rings. The summed E-state index contributed by atoms with van der Waals surface area (Å²) in [6.45, 7) is 3.58. The second kappa shape index (κ2) is 4.04. The third-order valence-corrected chi connectivity index (χ3v) is 3.38. The summed E-state index contributed by atoms with van der Waals surface area (Å²) in [4.78, 5) is 38.5. The van der Waals surface area contributed by atoms with Gasteiger partial charge in [0, 0.05) is 5.92 Å². The molecular weight excluding hydrogens is 236 g/mol. The highest BCUT2D eigenvalue weighted by molar-refractivity contribution is 6.51. The Balaban J connectivity index is 2.31. The lowest BCUT2D eigenvalue weighted by Gasteiger charge is -2.28. The van der Waals surface area contributed by atoms with Gasteiger partial charge < -0.3 is 10.5 Å². The van der Waals surface area contributed by atoms with Crippen molar-refractivity contribution in [1.82, 2.24) is 0 Å². The largest absolute Gasteiger partial charge is 0.449 e. The fourth-order valence-electron chi connectivity index (χ4n) is 2.42. The Bertz CT molecular complexity index is 490. The number of ketones is 2. The Labute approximate surface area is 104 Å². The summed E-state index contributed by atoms with van der Waals surface area (Å²) in [7, 11) is 0. The summed E-state index contributed by atoms with van der Waals surface area (Å²) < 4.78 is 4.77. The molecule has 0 aromatic rings. The normalized spacial score (nSPS) is 28.9. The summed E-state index contributed by atoms with van der Waals surface area (Å²) in [6.07, 6.45) is 1.58. The predicted octanol–water partition coefficient (Wildman–Crippen LogP) is 0.255. The molecule has 2 rings (SSSR count). The van der Waals surface area contributed by atoms with E-state index in [1.807, 2.05) is 0 Å². The van der Waals surface area contributed by atoms with E-state index in [0.717, 1.165) is 0 Å². The number of nitrogens with zero attached hydrogens (tertiary/aromatic N) is 1. The van der Waals surface area contributed by atoms with Crippen LogP contribution in [0.3, 0.4) is 0 Å². The lowest BCUT2D eigenvalue weighted by atomic mass is 9.76. The number of carbonyl (C=O) groups excluding carboxylic acids is 3. The number of rotatable bonds is 2. The number of carbonyl (C=O) groups is 3. The minimum Gasteiger partial charge on any atom is -0.449 e. The molecule has 6 nitrogen and oxygen atoms in total. The van der Waals surface area contributed by atoms with E-state index in [9.17, 15) is 14.4 Å². The van der Waals surface area contributed by atoms with Gasteiger partial charge in [0.05, 0.1) is 23.8 Å². The first kappa shape index (κ1) is 12.5. The van der Waals surface area contributed by atoms with Crippen molar-refractivity contribution >= 4 is 23.4 Å². The molecule has 1 heterocycles. The van der Waals surface area contributed by atoms with Gasteiger partial charge in [0.2, 0.25) is 0 Å². The first-order chi connectivity index (χ1) is 8.33. The van der Waals surface area contributed by atoms with E-state index >= 15 is 0 Å². The molecule has 2 atom stereocenters. The average molecular weight is 250 g/mol. The molecule has 0 saturated heterocycles. The third-order valence-electron chi connectivity index (χ3n) is 3.38. The maximum atomic E-state index is 11.9. The van der Waals surface area contributed by atoms with Crippen LogP contribution in [0.2, 0.25) is 0 Å². The molecule has 0 bridgehead atoms. The number of hydrogen-bond acceptors (Lipinski definition) is 5. The van der Waals surface area contributed by atoms with Crippen LogP contribution in [0, 0.1) is 11.8 Å². The molecule has 96 valence electrons. The molecule has 2 unspecified atom stereocenters. The van der Waals surface area contributed by atoms with Crippen molar-refractivity contribution in [2.75, 3.05) is 6.61 Å². The number of amides is 1. The van der Waals surface area contributed by atoms with Crippen LogP contribution >= 0.6 is 0 Å². The highest BCUT2D eigenvalue weighted by Crippen LogP contribution is 2.38. The number of hydrogen-bond donors (Lipinski definition) is 1. The van der Waals surface area contributed by atoms with E-state index in [4.69, 9.17) is 10.5 Å². The Morgan fingerprint density at radius 3 is 2.72 bits per heavy atom. The molecule has 0 aromatic carbocycles. The number of aliphatic imine (C=N–C) groups is 1. The van der Waals surface area contributed by atoms with Gasteiger partial charge in [-0.2, -0.15) is 0 Å². The Kier molecular flexibility index (Phi) is 2.80. The minimum absolute atomic E-state index is 0.0210. The van der Waals surface area contributed by atoms with Crippen LogP contribution in [0.25, 0.3) is 0 Å². The van der Waals surface area contributed by atoms with Crippen molar-refractivity contribution in [3.05, 3.63) is 12.2 Å². The zero-order valence-electron chi connectivity index (χ0n) is 10.2.